The standard InChI is InChI=1S/C12H16N2O2/c1-9-3-5-10(6-4-9)14-11(8-16-2)7-13-12(14)15/h3-6,11H,7-8H2,1-2H3,(H,13,15)/t11-/m1/s1. The summed E-state index contributed by atoms with van der Waals surface area (Å²) in [5.74, 6) is 0. The summed E-state index contributed by atoms with van der Waals surface area (Å²) in [6.07, 6.45) is 0. The highest BCUT2D eigenvalue weighted by atomic mass is 16.5. The predicted molar refractivity (Wildman–Crippen MR) is 62.7 cm³/mol. The van der Waals surface area contributed by atoms with Gasteiger partial charge in [0.25, 0.3) is 0 Å². The van der Waals surface area contributed by atoms with Crippen LogP contribution in [0.1, 0.15) is 5.56 Å². The molecule has 2 rings (SSSR count). The second kappa shape index (κ2) is 4.53. The molecule has 1 aliphatic heterocycles. The van der Waals surface area contributed by atoms with E-state index in [1.807, 2.05) is 31.2 Å². The summed E-state index contributed by atoms with van der Waals surface area (Å²) in [6, 6.07) is 7.97. The van der Waals surface area contributed by atoms with Gasteiger partial charge in [0.2, 0.25) is 0 Å². The highest BCUT2D eigenvalue weighted by molar-refractivity contribution is 5.94. The number of hydrogen-bond acceptors (Lipinski definition) is 2. The molecule has 0 spiro atoms. The molecule has 1 saturated heterocycles. The smallest absolute Gasteiger partial charge is 0.322 e. The van der Waals surface area contributed by atoms with Crippen LogP contribution in [0.2, 0.25) is 0 Å². The van der Waals surface area contributed by atoms with Crippen LogP contribution in [0.4, 0.5) is 10.5 Å². The van der Waals surface area contributed by atoms with Gasteiger partial charge in [-0.3, -0.25) is 4.90 Å². The van der Waals surface area contributed by atoms with Crippen LogP contribution in [0.15, 0.2) is 24.3 Å². The zero-order chi connectivity index (χ0) is 11.5. The molecule has 1 fully saturated rings. The third kappa shape index (κ3) is 2.02. The molecule has 1 aromatic rings. The number of hydrogen-bond donors (Lipinski definition) is 1. The van der Waals surface area contributed by atoms with Crippen LogP contribution in [-0.4, -0.2) is 32.3 Å². The minimum absolute atomic E-state index is 0.0501. The number of urea groups is 1. The van der Waals surface area contributed by atoms with Crippen molar-refractivity contribution >= 4 is 11.7 Å². The molecule has 4 heteroatoms. The van der Waals surface area contributed by atoms with Gasteiger partial charge in [0, 0.05) is 19.3 Å². The zero-order valence-corrected chi connectivity index (χ0v) is 9.56. The van der Waals surface area contributed by atoms with Crippen molar-refractivity contribution in [1.29, 1.82) is 0 Å². The number of amides is 2. The van der Waals surface area contributed by atoms with Gasteiger partial charge in [0.1, 0.15) is 0 Å². The molecular formula is C12H16N2O2. The summed E-state index contributed by atoms with van der Waals surface area (Å²) >= 11 is 0. The first-order valence-electron chi connectivity index (χ1n) is 5.35. The van der Waals surface area contributed by atoms with Crippen molar-refractivity contribution < 1.29 is 9.53 Å². The van der Waals surface area contributed by atoms with Gasteiger partial charge in [-0.2, -0.15) is 0 Å². The molecule has 1 aromatic carbocycles. The van der Waals surface area contributed by atoms with Gasteiger partial charge in [-0.1, -0.05) is 17.7 Å². The van der Waals surface area contributed by atoms with E-state index >= 15 is 0 Å². The van der Waals surface area contributed by atoms with Gasteiger partial charge in [0.15, 0.2) is 0 Å². The third-order valence-corrected chi connectivity index (χ3v) is 2.74. The Morgan fingerprint density at radius 2 is 2.12 bits per heavy atom. The van der Waals surface area contributed by atoms with Crippen LogP contribution in [-0.2, 0) is 4.74 Å². The van der Waals surface area contributed by atoms with Crippen molar-refractivity contribution in [3.05, 3.63) is 29.8 Å². The molecule has 4 nitrogen and oxygen atoms in total. The fourth-order valence-corrected chi connectivity index (χ4v) is 1.91. The number of aryl methyl sites for hydroxylation is 1. The molecule has 0 radical (unpaired) electrons. The van der Waals surface area contributed by atoms with E-state index in [0.717, 1.165) is 5.69 Å². The molecule has 1 N–H and O–H groups in total. The minimum Gasteiger partial charge on any atom is -0.382 e. The molecular weight excluding hydrogens is 204 g/mol. The van der Waals surface area contributed by atoms with Gasteiger partial charge >= 0.3 is 6.03 Å². The highest BCUT2D eigenvalue weighted by Crippen LogP contribution is 2.20. The van der Waals surface area contributed by atoms with E-state index in [4.69, 9.17) is 4.74 Å². The normalized spacial score (nSPS) is 20.0. The first-order chi connectivity index (χ1) is 7.72. The molecule has 0 aliphatic carbocycles. The summed E-state index contributed by atoms with van der Waals surface area (Å²) in [7, 11) is 1.65. The molecule has 1 aliphatic rings. The molecule has 1 atom stereocenters. The molecule has 1 heterocycles. The number of rotatable bonds is 3. The Labute approximate surface area is 95.2 Å². The first kappa shape index (κ1) is 11.0. The lowest BCUT2D eigenvalue weighted by Gasteiger charge is -2.22. The Hall–Kier alpha value is -1.55. The van der Waals surface area contributed by atoms with Crippen LogP contribution >= 0.6 is 0 Å². The van der Waals surface area contributed by atoms with Crippen molar-refractivity contribution in [2.45, 2.75) is 13.0 Å². The van der Waals surface area contributed by atoms with Crippen LogP contribution < -0.4 is 10.2 Å². The maximum absolute atomic E-state index is 11.7. The number of carbonyl (C=O) groups excluding carboxylic acids is 1. The third-order valence-electron chi connectivity index (χ3n) is 2.74. The monoisotopic (exact) mass is 220 g/mol. The molecule has 0 unspecified atom stereocenters. The fraction of sp³-hybridized carbons (Fsp3) is 0.417. The topological polar surface area (TPSA) is 41.6 Å². The van der Waals surface area contributed by atoms with E-state index in [1.165, 1.54) is 5.56 Å². The maximum atomic E-state index is 11.7. The SMILES string of the molecule is COC[C@H]1CNC(=O)N1c1ccc(C)cc1. The Bertz CT molecular complexity index is 375. The average molecular weight is 220 g/mol. The maximum Gasteiger partial charge on any atom is 0.322 e. The van der Waals surface area contributed by atoms with Crippen LogP contribution in [0.3, 0.4) is 0 Å². The van der Waals surface area contributed by atoms with Crippen molar-refractivity contribution in [2.24, 2.45) is 0 Å². The minimum atomic E-state index is -0.0501. The second-order valence-corrected chi connectivity index (χ2v) is 4.00. The second-order valence-electron chi connectivity index (χ2n) is 4.00. The van der Waals surface area contributed by atoms with Crippen molar-refractivity contribution in [3.8, 4) is 0 Å². The lowest BCUT2D eigenvalue weighted by molar-refractivity contribution is 0.184. The number of nitrogens with one attached hydrogen (secondary N) is 1. The average Bonchev–Trinajstić information content (AvgIpc) is 2.62. The van der Waals surface area contributed by atoms with Gasteiger partial charge in [0.05, 0.1) is 12.6 Å². The van der Waals surface area contributed by atoms with Crippen LogP contribution in [0, 0.1) is 6.92 Å². The quantitative estimate of drug-likeness (QED) is 0.839. The van der Waals surface area contributed by atoms with Crippen molar-refractivity contribution in [3.63, 3.8) is 0 Å². The predicted octanol–water partition coefficient (Wildman–Crippen LogP) is 1.54. The molecule has 0 saturated carbocycles. The van der Waals surface area contributed by atoms with Gasteiger partial charge in [-0.05, 0) is 19.1 Å². The molecule has 16 heavy (non-hydrogen) atoms. The summed E-state index contributed by atoms with van der Waals surface area (Å²) < 4.78 is 5.12. The van der Waals surface area contributed by atoms with Gasteiger partial charge < -0.3 is 10.1 Å². The number of benzene rings is 1. The van der Waals surface area contributed by atoms with Gasteiger partial charge in [-0.15, -0.1) is 0 Å². The lowest BCUT2D eigenvalue weighted by Crippen LogP contribution is -2.36. The van der Waals surface area contributed by atoms with Crippen molar-refractivity contribution in [2.75, 3.05) is 25.2 Å². The first-order valence-corrected chi connectivity index (χ1v) is 5.35. The molecule has 0 aromatic heterocycles. The largest absolute Gasteiger partial charge is 0.382 e. The number of anilines is 1. The number of carbonyl (C=O) groups is 1. The molecule has 86 valence electrons. The van der Waals surface area contributed by atoms with E-state index in [2.05, 4.69) is 5.32 Å². The Morgan fingerprint density at radius 3 is 2.75 bits per heavy atom. The summed E-state index contributed by atoms with van der Waals surface area (Å²) in [5, 5.41) is 2.82. The fourth-order valence-electron chi connectivity index (χ4n) is 1.91. The number of methoxy groups -OCH3 is 1. The van der Waals surface area contributed by atoms with Gasteiger partial charge in [-0.25, -0.2) is 4.79 Å². The Morgan fingerprint density at radius 1 is 1.44 bits per heavy atom. The Balaban J connectivity index is 2.22. The molecule has 0 bridgehead atoms. The summed E-state index contributed by atoms with van der Waals surface area (Å²) in [6.45, 7) is 3.22. The van der Waals surface area contributed by atoms with Crippen molar-refractivity contribution in [1.82, 2.24) is 5.32 Å². The summed E-state index contributed by atoms with van der Waals surface area (Å²) in [4.78, 5) is 13.5. The van der Waals surface area contributed by atoms with E-state index in [-0.39, 0.29) is 12.1 Å². The Kier molecular flexibility index (Phi) is 3.10. The number of ether oxygens (including phenoxy) is 1. The number of nitrogens with zero attached hydrogens (tertiary/aromatic N) is 1. The zero-order valence-electron chi connectivity index (χ0n) is 9.56. The van der Waals surface area contributed by atoms with Crippen LogP contribution in [0.5, 0.6) is 0 Å². The summed E-state index contributed by atoms with van der Waals surface area (Å²) in [5.41, 5.74) is 2.11. The van der Waals surface area contributed by atoms with E-state index < -0.39 is 0 Å². The van der Waals surface area contributed by atoms with E-state index in [0.29, 0.717) is 13.2 Å². The highest BCUT2D eigenvalue weighted by Gasteiger charge is 2.31. The van der Waals surface area contributed by atoms with Crippen LogP contribution in [0.25, 0.3) is 0 Å². The van der Waals surface area contributed by atoms with E-state index in [1.54, 1.807) is 12.0 Å². The van der Waals surface area contributed by atoms with E-state index in [9.17, 15) is 4.79 Å². The molecule has 2 amide bonds. The lowest BCUT2D eigenvalue weighted by atomic mass is 10.2.